The summed E-state index contributed by atoms with van der Waals surface area (Å²) in [7, 11) is -2.13. The lowest BCUT2D eigenvalue weighted by molar-refractivity contribution is -0.141. The largest absolute Gasteiger partial charge is 0.352 e. The van der Waals surface area contributed by atoms with E-state index in [1.165, 1.54) is 17.8 Å². The molecule has 2 amide bonds. The van der Waals surface area contributed by atoms with Gasteiger partial charge in [0.25, 0.3) is 0 Å². The predicted octanol–water partition coefficient (Wildman–Crippen LogP) is 5.94. The first-order valence-electron chi connectivity index (χ1n) is 14.6. The molecule has 1 saturated carbocycles. The molecule has 1 aliphatic carbocycles. The van der Waals surface area contributed by atoms with Gasteiger partial charge in [0.15, 0.2) is 0 Å². The van der Waals surface area contributed by atoms with E-state index in [-0.39, 0.29) is 42.3 Å². The number of hydrogen-bond donors (Lipinski definition) is 1. The van der Waals surface area contributed by atoms with Gasteiger partial charge in [-0.3, -0.25) is 9.59 Å². The van der Waals surface area contributed by atoms with Crippen molar-refractivity contribution < 1.29 is 18.0 Å². The Morgan fingerprint density at radius 2 is 1.50 bits per heavy atom. The number of hydrogen-bond acceptors (Lipinski definition) is 4. The minimum absolute atomic E-state index is 0.117. The van der Waals surface area contributed by atoms with E-state index in [1.807, 2.05) is 54.6 Å². The summed E-state index contributed by atoms with van der Waals surface area (Å²) >= 11 is 3.47. The van der Waals surface area contributed by atoms with Gasteiger partial charge in [-0.2, -0.15) is 0 Å². The number of carbonyl (C=O) groups is 2. The lowest BCUT2D eigenvalue weighted by Crippen LogP contribution is -2.52. The molecular weight excluding hydrogens is 614 g/mol. The van der Waals surface area contributed by atoms with Crippen LogP contribution in [0.3, 0.4) is 0 Å². The van der Waals surface area contributed by atoms with E-state index in [1.54, 1.807) is 35.2 Å². The molecule has 1 N–H and O–H groups in total. The second-order valence-corrected chi connectivity index (χ2v) is 13.9. The van der Waals surface area contributed by atoms with Crippen molar-refractivity contribution in [1.29, 1.82) is 0 Å². The van der Waals surface area contributed by atoms with Crippen LogP contribution in [0.2, 0.25) is 0 Å². The monoisotopic (exact) mass is 653 g/mol. The van der Waals surface area contributed by atoms with Gasteiger partial charge in [-0.25, -0.2) is 12.7 Å². The van der Waals surface area contributed by atoms with Crippen LogP contribution < -0.4 is 5.32 Å². The molecular formula is C33H40BrN3O4S. The third-order valence-electron chi connectivity index (χ3n) is 7.80. The Labute approximate surface area is 258 Å². The molecule has 0 heterocycles. The van der Waals surface area contributed by atoms with Crippen molar-refractivity contribution in [2.24, 2.45) is 0 Å². The van der Waals surface area contributed by atoms with Gasteiger partial charge in [-0.05, 0) is 54.7 Å². The minimum Gasteiger partial charge on any atom is -0.352 e. The molecule has 0 bridgehead atoms. The summed E-state index contributed by atoms with van der Waals surface area (Å²) < 4.78 is 28.2. The fourth-order valence-electron chi connectivity index (χ4n) is 5.37. The van der Waals surface area contributed by atoms with Crippen LogP contribution in [0.5, 0.6) is 0 Å². The van der Waals surface area contributed by atoms with Gasteiger partial charge in [0.05, 0.1) is 4.90 Å². The Morgan fingerprint density at radius 3 is 2.14 bits per heavy atom. The Morgan fingerprint density at radius 1 is 0.881 bits per heavy atom. The van der Waals surface area contributed by atoms with Gasteiger partial charge in [-0.1, -0.05) is 95.9 Å². The van der Waals surface area contributed by atoms with Gasteiger partial charge < -0.3 is 10.2 Å². The molecule has 0 radical (unpaired) electrons. The molecule has 0 aromatic heterocycles. The first-order valence-corrected chi connectivity index (χ1v) is 16.9. The SMILES string of the molecule is CN(CCCC(=O)N(Cc1ccc(Br)cc1)[C@@H](Cc1ccccc1)C(=O)NC1CCCCC1)S(=O)(=O)c1ccccc1. The molecule has 0 spiro atoms. The lowest BCUT2D eigenvalue weighted by atomic mass is 9.94. The van der Waals surface area contributed by atoms with E-state index in [0.29, 0.717) is 12.8 Å². The standard InChI is InChI=1S/C33H40BrN3O4S/c1-36(42(40,41)30-16-9-4-10-17-30)23-11-18-32(38)37(25-27-19-21-28(34)22-20-27)31(24-26-12-5-2-6-13-26)33(39)35-29-14-7-3-8-15-29/h2,4-6,9-10,12-13,16-17,19-22,29,31H,3,7-8,11,14-15,18,23-25H2,1H3,(H,35,39)/t31-/m0/s1. The van der Waals surface area contributed by atoms with Crippen LogP contribution in [-0.4, -0.2) is 55.1 Å². The number of carbonyl (C=O) groups excluding carboxylic acids is 2. The molecule has 42 heavy (non-hydrogen) atoms. The second-order valence-electron chi connectivity index (χ2n) is 10.9. The van der Waals surface area contributed by atoms with Crippen molar-refractivity contribution in [1.82, 2.24) is 14.5 Å². The molecule has 224 valence electrons. The number of amides is 2. The zero-order valence-corrected chi connectivity index (χ0v) is 26.5. The highest BCUT2D eigenvalue weighted by molar-refractivity contribution is 9.10. The highest BCUT2D eigenvalue weighted by atomic mass is 79.9. The third-order valence-corrected chi connectivity index (χ3v) is 10.2. The van der Waals surface area contributed by atoms with Gasteiger partial charge in [0, 0.05) is 43.5 Å². The van der Waals surface area contributed by atoms with Crippen molar-refractivity contribution in [3.05, 3.63) is 101 Å². The van der Waals surface area contributed by atoms with E-state index in [2.05, 4.69) is 21.2 Å². The maximum atomic E-state index is 13.9. The average molecular weight is 655 g/mol. The van der Waals surface area contributed by atoms with Crippen LogP contribution >= 0.6 is 15.9 Å². The van der Waals surface area contributed by atoms with Crippen molar-refractivity contribution >= 4 is 37.8 Å². The van der Waals surface area contributed by atoms with Crippen molar-refractivity contribution in [2.75, 3.05) is 13.6 Å². The molecule has 7 nitrogen and oxygen atoms in total. The minimum atomic E-state index is -3.66. The number of nitrogens with zero attached hydrogens (tertiary/aromatic N) is 2. The molecule has 1 fully saturated rings. The van der Waals surface area contributed by atoms with Crippen molar-refractivity contribution in [3.63, 3.8) is 0 Å². The fourth-order valence-corrected chi connectivity index (χ4v) is 6.87. The normalized spacial score (nSPS) is 14.8. The number of sulfonamides is 1. The van der Waals surface area contributed by atoms with Gasteiger partial charge in [-0.15, -0.1) is 0 Å². The van der Waals surface area contributed by atoms with E-state index in [9.17, 15) is 18.0 Å². The van der Waals surface area contributed by atoms with Gasteiger partial charge >= 0.3 is 0 Å². The predicted molar refractivity (Wildman–Crippen MR) is 169 cm³/mol. The Kier molecular flexibility index (Phi) is 11.7. The molecule has 1 aliphatic rings. The Hall–Kier alpha value is -3.01. The smallest absolute Gasteiger partial charge is 0.243 e. The highest BCUT2D eigenvalue weighted by Crippen LogP contribution is 2.21. The Bertz CT molecular complexity index is 1400. The summed E-state index contributed by atoms with van der Waals surface area (Å²) in [5.74, 6) is -0.317. The molecule has 4 rings (SSSR count). The number of benzene rings is 3. The quantitative estimate of drug-likeness (QED) is 0.247. The van der Waals surface area contributed by atoms with Crippen LogP contribution in [0.15, 0.2) is 94.3 Å². The average Bonchev–Trinajstić information content (AvgIpc) is 3.01. The van der Waals surface area contributed by atoms with Crippen LogP contribution in [0.25, 0.3) is 0 Å². The first-order chi connectivity index (χ1) is 20.2. The first kappa shape index (κ1) is 31.9. The summed E-state index contributed by atoms with van der Waals surface area (Å²) in [5, 5.41) is 3.25. The van der Waals surface area contributed by atoms with Crippen LogP contribution in [0, 0.1) is 0 Å². The zero-order chi connectivity index (χ0) is 30.0. The number of rotatable bonds is 13. The summed E-state index contributed by atoms with van der Waals surface area (Å²) in [5.41, 5.74) is 1.89. The number of halogens is 1. The zero-order valence-electron chi connectivity index (χ0n) is 24.1. The highest BCUT2D eigenvalue weighted by Gasteiger charge is 2.32. The van der Waals surface area contributed by atoms with Gasteiger partial charge in [0.1, 0.15) is 6.04 Å². The molecule has 1 atom stereocenters. The van der Waals surface area contributed by atoms with Crippen LogP contribution in [0.4, 0.5) is 0 Å². The van der Waals surface area contributed by atoms with E-state index in [4.69, 9.17) is 0 Å². The Balaban J connectivity index is 1.54. The summed E-state index contributed by atoms with van der Waals surface area (Å²) in [6.45, 7) is 0.465. The van der Waals surface area contributed by atoms with Crippen molar-refractivity contribution in [2.45, 2.75) is 74.9 Å². The molecule has 9 heteroatoms. The second kappa shape index (κ2) is 15.5. The fraction of sp³-hybridized carbons (Fsp3) is 0.394. The molecule has 3 aromatic carbocycles. The molecule has 0 saturated heterocycles. The summed E-state index contributed by atoms with van der Waals surface area (Å²) in [4.78, 5) is 29.7. The van der Waals surface area contributed by atoms with E-state index < -0.39 is 16.1 Å². The van der Waals surface area contributed by atoms with Crippen LogP contribution in [-0.2, 0) is 32.6 Å². The maximum Gasteiger partial charge on any atom is 0.243 e. The maximum absolute atomic E-state index is 13.9. The van der Waals surface area contributed by atoms with E-state index >= 15 is 0 Å². The molecule has 0 aliphatic heterocycles. The molecule has 3 aromatic rings. The van der Waals surface area contributed by atoms with Gasteiger partial charge in [0.2, 0.25) is 21.8 Å². The van der Waals surface area contributed by atoms with E-state index in [0.717, 1.165) is 41.3 Å². The van der Waals surface area contributed by atoms with Crippen molar-refractivity contribution in [3.8, 4) is 0 Å². The lowest BCUT2D eigenvalue weighted by Gasteiger charge is -2.33. The summed E-state index contributed by atoms with van der Waals surface area (Å²) in [6.07, 6.45) is 6.12. The van der Waals surface area contributed by atoms with Crippen LogP contribution in [0.1, 0.15) is 56.1 Å². The topological polar surface area (TPSA) is 86.8 Å². The summed E-state index contributed by atoms with van der Waals surface area (Å²) in [6, 6.07) is 25.2. The third kappa shape index (κ3) is 8.99. The number of nitrogens with one attached hydrogen (secondary N) is 1. The molecule has 0 unspecified atom stereocenters.